The Labute approximate surface area is 118 Å². The average Bonchev–Trinajstić information content (AvgIpc) is 2.94. The fourth-order valence-electron chi connectivity index (χ4n) is 3.00. The molecule has 0 saturated heterocycles. The monoisotopic (exact) mass is 273 g/mol. The Hall–Kier alpha value is -1.84. The Morgan fingerprint density at radius 3 is 2.75 bits per heavy atom. The van der Waals surface area contributed by atoms with E-state index in [4.69, 9.17) is 4.74 Å². The number of nitrogens with zero attached hydrogens (tertiary/aromatic N) is 1. The first-order valence-corrected chi connectivity index (χ1v) is 7.20. The number of benzene rings is 1. The molecule has 1 amide bonds. The van der Waals surface area contributed by atoms with E-state index in [9.17, 15) is 9.59 Å². The van der Waals surface area contributed by atoms with Gasteiger partial charge >= 0.3 is 0 Å². The van der Waals surface area contributed by atoms with Crippen molar-refractivity contribution in [3.8, 4) is 5.75 Å². The molecular weight excluding hydrogens is 254 g/mol. The van der Waals surface area contributed by atoms with Gasteiger partial charge in [-0.25, -0.2) is 0 Å². The summed E-state index contributed by atoms with van der Waals surface area (Å²) in [5.41, 5.74) is 1.83. The lowest BCUT2D eigenvalue weighted by Gasteiger charge is -2.30. The predicted octanol–water partition coefficient (Wildman–Crippen LogP) is 2.21. The van der Waals surface area contributed by atoms with Crippen LogP contribution in [0.2, 0.25) is 0 Å². The second-order valence-corrected chi connectivity index (χ2v) is 5.61. The molecule has 20 heavy (non-hydrogen) atoms. The largest absolute Gasteiger partial charge is 0.493 e. The van der Waals surface area contributed by atoms with Crippen LogP contribution >= 0.6 is 0 Å². The number of carbonyl (C=O) groups is 2. The zero-order valence-electron chi connectivity index (χ0n) is 11.7. The van der Waals surface area contributed by atoms with Gasteiger partial charge in [-0.15, -0.1) is 0 Å². The van der Waals surface area contributed by atoms with Crippen LogP contribution in [0.5, 0.6) is 5.75 Å². The topological polar surface area (TPSA) is 46.6 Å². The number of fused-ring (bicyclic) bond motifs is 1. The van der Waals surface area contributed by atoms with Gasteiger partial charge in [0.2, 0.25) is 0 Å². The maximum absolute atomic E-state index is 12.5. The predicted molar refractivity (Wildman–Crippen MR) is 75.0 cm³/mol. The second-order valence-electron chi connectivity index (χ2n) is 5.61. The molecule has 0 unspecified atom stereocenters. The number of carbonyl (C=O) groups excluding carboxylic acids is 2. The third kappa shape index (κ3) is 2.42. The van der Waals surface area contributed by atoms with Gasteiger partial charge in [-0.1, -0.05) is 0 Å². The van der Waals surface area contributed by atoms with Crippen LogP contribution in [0.1, 0.15) is 41.6 Å². The van der Waals surface area contributed by atoms with Crippen molar-refractivity contribution in [2.45, 2.75) is 38.1 Å². The molecule has 0 radical (unpaired) electrons. The van der Waals surface area contributed by atoms with Crippen LogP contribution in [-0.4, -0.2) is 36.3 Å². The zero-order valence-corrected chi connectivity index (χ0v) is 11.7. The number of rotatable bonds is 2. The number of amides is 1. The molecule has 1 aromatic carbocycles. The molecule has 0 N–H and O–H groups in total. The van der Waals surface area contributed by atoms with Crippen LogP contribution in [0.15, 0.2) is 18.2 Å². The molecule has 4 heteroatoms. The lowest BCUT2D eigenvalue weighted by atomic mass is 9.93. The van der Waals surface area contributed by atoms with Crippen molar-refractivity contribution in [1.82, 2.24) is 4.90 Å². The van der Waals surface area contributed by atoms with Gasteiger partial charge in [0.15, 0.2) is 0 Å². The van der Waals surface area contributed by atoms with Crippen LogP contribution in [0.3, 0.4) is 0 Å². The first kappa shape index (κ1) is 13.2. The van der Waals surface area contributed by atoms with Crippen LogP contribution in [-0.2, 0) is 11.2 Å². The molecule has 106 valence electrons. The SMILES string of the molecule is CN(C(=O)c1ccc2c(c1)CCO2)C1CCC(=O)CC1. The number of ketones is 1. The highest BCUT2D eigenvalue weighted by atomic mass is 16.5. The van der Waals surface area contributed by atoms with E-state index in [1.54, 1.807) is 4.90 Å². The minimum Gasteiger partial charge on any atom is -0.493 e. The molecule has 1 aromatic rings. The maximum atomic E-state index is 12.5. The normalized spacial score (nSPS) is 18.6. The Balaban J connectivity index is 1.73. The van der Waals surface area contributed by atoms with Gasteiger partial charge in [0.1, 0.15) is 11.5 Å². The van der Waals surface area contributed by atoms with E-state index in [0.717, 1.165) is 30.6 Å². The van der Waals surface area contributed by atoms with E-state index in [-0.39, 0.29) is 11.9 Å². The minimum atomic E-state index is 0.0408. The van der Waals surface area contributed by atoms with E-state index >= 15 is 0 Å². The third-order valence-electron chi connectivity index (χ3n) is 4.32. The molecule has 1 saturated carbocycles. The highest BCUT2D eigenvalue weighted by Crippen LogP contribution is 2.27. The average molecular weight is 273 g/mol. The van der Waals surface area contributed by atoms with E-state index in [1.807, 2.05) is 25.2 Å². The van der Waals surface area contributed by atoms with Crippen molar-refractivity contribution in [3.05, 3.63) is 29.3 Å². The van der Waals surface area contributed by atoms with Gasteiger partial charge in [-0.2, -0.15) is 0 Å². The number of Topliss-reactive ketones (excluding diaryl/α,β-unsaturated/α-hetero) is 1. The zero-order chi connectivity index (χ0) is 14.1. The Morgan fingerprint density at radius 1 is 1.25 bits per heavy atom. The number of hydrogen-bond acceptors (Lipinski definition) is 3. The lowest BCUT2D eigenvalue weighted by Crippen LogP contribution is -2.39. The lowest BCUT2D eigenvalue weighted by molar-refractivity contribution is -0.121. The molecule has 3 rings (SSSR count). The summed E-state index contributed by atoms with van der Waals surface area (Å²) >= 11 is 0. The molecule has 1 aliphatic carbocycles. The van der Waals surface area contributed by atoms with Crippen molar-refractivity contribution in [2.75, 3.05) is 13.7 Å². The van der Waals surface area contributed by atoms with Gasteiger partial charge in [0, 0.05) is 37.9 Å². The van der Waals surface area contributed by atoms with Crippen LogP contribution in [0, 0.1) is 0 Å². The standard InChI is InChI=1S/C16H19NO3/c1-17(13-3-5-14(18)6-4-13)16(19)12-2-7-15-11(10-12)8-9-20-15/h2,7,10,13H,3-6,8-9H2,1H3. The summed E-state index contributed by atoms with van der Waals surface area (Å²) in [5, 5.41) is 0. The Morgan fingerprint density at radius 2 is 2.00 bits per heavy atom. The summed E-state index contributed by atoms with van der Waals surface area (Å²) in [6.45, 7) is 0.702. The molecule has 2 aliphatic rings. The smallest absolute Gasteiger partial charge is 0.253 e. The van der Waals surface area contributed by atoms with Gasteiger partial charge < -0.3 is 9.64 Å². The molecule has 0 spiro atoms. The molecule has 0 aromatic heterocycles. The molecule has 4 nitrogen and oxygen atoms in total. The maximum Gasteiger partial charge on any atom is 0.253 e. The fraction of sp³-hybridized carbons (Fsp3) is 0.500. The van der Waals surface area contributed by atoms with Crippen molar-refractivity contribution < 1.29 is 14.3 Å². The molecule has 1 aliphatic heterocycles. The van der Waals surface area contributed by atoms with Crippen molar-refractivity contribution in [1.29, 1.82) is 0 Å². The second kappa shape index (κ2) is 5.27. The van der Waals surface area contributed by atoms with E-state index < -0.39 is 0 Å². The molecule has 0 atom stereocenters. The summed E-state index contributed by atoms with van der Waals surface area (Å²) < 4.78 is 5.46. The summed E-state index contributed by atoms with van der Waals surface area (Å²) in [6, 6.07) is 5.84. The molecule has 1 fully saturated rings. The van der Waals surface area contributed by atoms with E-state index in [0.29, 0.717) is 30.8 Å². The molecule has 0 bridgehead atoms. The number of hydrogen-bond donors (Lipinski definition) is 0. The van der Waals surface area contributed by atoms with Crippen molar-refractivity contribution >= 4 is 11.7 Å². The van der Waals surface area contributed by atoms with E-state index in [2.05, 4.69) is 0 Å². The highest BCUT2D eigenvalue weighted by molar-refractivity contribution is 5.95. The van der Waals surface area contributed by atoms with Crippen LogP contribution < -0.4 is 4.74 Å². The quantitative estimate of drug-likeness (QED) is 0.830. The highest BCUT2D eigenvalue weighted by Gasteiger charge is 2.26. The summed E-state index contributed by atoms with van der Waals surface area (Å²) in [7, 11) is 1.84. The Kier molecular flexibility index (Phi) is 3.47. The fourth-order valence-corrected chi connectivity index (χ4v) is 3.00. The third-order valence-corrected chi connectivity index (χ3v) is 4.32. The first-order chi connectivity index (χ1) is 9.65. The van der Waals surface area contributed by atoms with Gasteiger partial charge in [-0.3, -0.25) is 9.59 Å². The van der Waals surface area contributed by atoms with Crippen molar-refractivity contribution in [2.24, 2.45) is 0 Å². The van der Waals surface area contributed by atoms with Gasteiger partial charge in [0.05, 0.1) is 6.61 Å². The summed E-state index contributed by atoms with van der Waals surface area (Å²) in [6.07, 6.45) is 3.64. The Bertz CT molecular complexity index is 543. The van der Waals surface area contributed by atoms with Crippen molar-refractivity contribution in [3.63, 3.8) is 0 Å². The van der Waals surface area contributed by atoms with Crippen LogP contribution in [0.25, 0.3) is 0 Å². The minimum absolute atomic E-state index is 0.0408. The first-order valence-electron chi connectivity index (χ1n) is 7.20. The molecule has 1 heterocycles. The van der Waals surface area contributed by atoms with Crippen LogP contribution in [0.4, 0.5) is 0 Å². The van der Waals surface area contributed by atoms with E-state index in [1.165, 1.54) is 0 Å². The van der Waals surface area contributed by atoms with Gasteiger partial charge in [-0.05, 0) is 36.6 Å². The summed E-state index contributed by atoms with van der Waals surface area (Å²) in [5.74, 6) is 1.25. The summed E-state index contributed by atoms with van der Waals surface area (Å²) in [4.78, 5) is 25.6. The molecular formula is C16H19NO3. The van der Waals surface area contributed by atoms with Gasteiger partial charge in [0.25, 0.3) is 5.91 Å². The number of ether oxygens (including phenoxy) is 1.